The van der Waals surface area contributed by atoms with Crippen LogP contribution in [-0.2, 0) is 5.75 Å². The van der Waals surface area contributed by atoms with Crippen LogP contribution in [0.5, 0.6) is 0 Å². The van der Waals surface area contributed by atoms with Gasteiger partial charge < -0.3 is 5.11 Å². The van der Waals surface area contributed by atoms with Crippen LogP contribution in [0.15, 0.2) is 53.4 Å². The third-order valence-electron chi connectivity index (χ3n) is 2.70. The number of nitro groups is 1. The van der Waals surface area contributed by atoms with Gasteiger partial charge in [-0.25, -0.2) is 0 Å². The number of nitro benzene ring substituents is 1. The van der Waals surface area contributed by atoms with Crippen molar-refractivity contribution in [3.05, 3.63) is 69.8 Å². The van der Waals surface area contributed by atoms with Crippen LogP contribution in [0.2, 0.25) is 0 Å². The number of aliphatic hydroxyl groups excluding tert-OH is 1. The van der Waals surface area contributed by atoms with E-state index in [1.165, 1.54) is 17.8 Å². The van der Waals surface area contributed by atoms with Crippen molar-refractivity contribution in [3.63, 3.8) is 0 Å². The van der Waals surface area contributed by atoms with Crippen LogP contribution < -0.4 is 0 Å². The summed E-state index contributed by atoms with van der Waals surface area (Å²) in [4.78, 5) is 11.2. The molecule has 0 amide bonds. The smallest absolute Gasteiger partial charge is 0.282 e. The molecule has 0 fully saturated rings. The van der Waals surface area contributed by atoms with Crippen LogP contribution in [0, 0.1) is 22.0 Å². The lowest BCUT2D eigenvalue weighted by molar-refractivity contribution is -0.387. The Morgan fingerprint density at radius 1 is 1.19 bits per heavy atom. The first-order chi connectivity index (χ1) is 10.2. The average molecular weight is 299 g/mol. The average Bonchev–Trinajstić information content (AvgIpc) is 2.51. The monoisotopic (exact) mass is 299 g/mol. The van der Waals surface area contributed by atoms with Crippen molar-refractivity contribution >= 4 is 17.4 Å². The summed E-state index contributed by atoms with van der Waals surface area (Å²) in [7, 11) is 0. The quantitative estimate of drug-likeness (QED) is 0.407. The van der Waals surface area contributed by atoms with Crippen LogP contribution in [0.1, 0.15) is 11.1 Å². The lowest BCUT2D eigenvalue weighted by atomic mass is 10.1. The predicted octanol–water partition coefficient (Wildman–Crippen LogP) is 3.23. The van der Waals surface area contributed by atoms with Crippen molar-refractivity contribution in [2.45, 2.75) is 10.6 Å². The van der Waals surface area contributed by atoms with Gasteiger partial charge >= 0.3 is 0 Å². The summed E-state index contributed by atoms with van der Waals surface area (Å²) in [6.45, 7) is -0.171. The van der Waals surface area contributed by atoms with E-state index in [4.69, 9.17) is 5.11 Å². The third-order valence-corrected chi connectivity index (χ3v) is 3.83. The third kappa shape index (κ3) is 4.35. The summed E-state index contributed by atoms with van der Waals surface area (Å²) in [6, 6.07) is 14.3. The Hall–Kier alpha value is -2.29. The Morgan fingerprint density at radius 2 is 2.00 bits per heavy atom. The molecule has 0 unspecified atom stereocenters. The van der Waals surface area contributed by atoms with Crippen molar-refractivity contribution in [2.24, 2.45) is 0 Å². The molecular formula is C16H13NO3S. The van der Waals surface area contributed by atoms with Crippen LogP contribution in [0.25, 0.3) is 0 Å². The minimum absolute atomic E-state index is 0.124. The number of thioether (sulfide) groups is 1. The van der Waals surface area contributed by atoms with E-state index in [2.05, 4.69) is 11.8 Å². The van der Waals surface area contributed by atoms with E-state index in [1.807, 2.05) is 24.3 Å². The van der Waals surface area contributed by atoms with Crippen LogP contribution >= 0.6 is 11.8 Å². The normalized spacial score (nSPS) is 9.76. The number of hydrogen-bond donors (Lipinski definition) is 1. The number of para-hydroxylation sites is 1. The topological polar surface area (TPSA) is 63.4 Å². The largest absolute Gasteiger partial charge is 0.384 e. The highest BCUT2D eigenvalue weighted by Crippen LogP contribution is 2.31. The van der Waals surface area contributed by atoms with Crippen LogP contribution in [0.3, 0.4) is 0 Å². The molecule has 0 aromatic heterocycles. The van der Waals surface area contributed by atoms with Gasteiger partial charge in [-0.1, -0.05) is 36.1 Å². The standard InChI is InChI=1S/C16H13NO3S/c18-10-4-7-13-5-3-6-14(11-13)12-21-16-9-2-1-8-15(16)17(19)20/h1-3,5-6,8-9,11,18H,10,12H2. The Morgan fingerprint density at radius 3 is 2.76 bits per heavy atom. The fraction of sp³-hybridized carbons (Fsp3) is 0.125. The molecule has 2 aromatic carbocycles. The van der Waals surface area contributed by atoms with E-state index >= 15 is 0 Å². The number of nitrogens with zero attached hydrogens (tertiary/aromatic N) is 1. The molecule has 0 radical (unpaired) electrons. The molecule has 0 spiro atoms. The van der Waals surface area contributed by atoms with Gasteiger partial charge in [-0.3, -0.25) is 10.1 Å². The van der Waals surface area contributed by atoms with Gasteiger partial charge in [-0.2, -0.15) is 0 Å². The maximum atomic E-state index is 11.0. The second-order valence-corrected chi connectivity index (χ2v) is 5.19. The molecule has 0 aliphatic heterocycles. The van der Waals surface area contributed by atoms with E-state index in [9.17, 15) is 10.1 Å². The molecular weight excluding hydrogens is 286 g/mol. The predicted molar refractivity (Wildman–Crippen MR) is 83.1 cm³/mol. The SMILES string of the molecule is O=[N+]([O-])c1ccccc1SCc1cccc(C#CCO)c1. The van der Waals surface area contributed by atoms with Gasteiger partial charge in [0, 0.05) is 17.4 Å². The summed E-state index contributed by atoms with van der Waals surface area (Å²) in [5, 5.41) is 19.6. The number of benzene rings is 2. The zero-order valence-corrected chi connectivity index (χ0v) is 12.0. The van der Waals surface area contributed by atoms with E-state index in [0.717, 1.165) is 11.1 Å². The molecule has 0 saturated carbocycles. The summed E-state index contributed by atoms with van der Waals surface area (Å²) in [5.74, 6) is 6.07. The Labute approximate surface area is 127 Å². The number of hydrogen-bond acceptors (Lipinski definition) is 4. The molecule has 2 aromatic rings. The summed E-state index contributed by atoms with van der Waals surface area (Å²) >= 11 is 1.42. The fourth-order valence-corrected chi connectivity index (χ4v) is 2.74. The summed E-state index contributed by atoms with van der Waals surface area (Å²) in [6.07, 6.45) is 0. The van der Waals surface area contributed by atoms with Gasteiger partial charge in [-0.05, 0) is 23.8 Å². The second-order valence-electron chi connectivity index (χ2n) is 4.17. The highest BCUT2D eigenvalue weighted by molar-refractivity contribution is 7.98. The van der Waals surface area contributed by atoms with Gasteiger partial charge in [0.25, 0.3) is 5.69 Å². The van der Waals surface area contributed by atoms with Gasteiger partial charge in [-0.15, -0.1) is 11.8 Å². The molecule has 0 atom stereocenters. The van der Waals surface area contributed by atoms with Crippen LogP contribution in [0.4, 0.5) is 5.69 Å². The van der Waals surface area contributed by atoms with E-state index < -0.39 is 0 Å². The lowest BCUT2D eigenvalue weighted by Crippen LogP contribution is -1.91. The van der Waals surface area contributed by atoms with Gasteiger partial charge in [0.15, 0.2) is 0 Å². The molecule has 0 aliphatic rings. The van der Waals surface area contributed by atoms with Crippen molar-refractivity contribution in [2.75, 3.05) is 6.61 Å². The molecule has 21 heavy (non-hydrogen) atoms. The molecule has 1 N–H and O–H groups in total. The molecule has 0 aliphatic carbocycles. The number of aliphatic hydroxyl groups is 1. The Kier molecular flexibility index (Phi) is 5.38. The maximum absolute atomic E-state index is 11.0. The Bertz CT molecular complexity index is 704. The summed E-state index contributed by atoms with van der Waals surface area (Å²) < 4.78 is 0. The van der Waals surface area contributed by atoms with Gasteiger partial charge in [0.1, 0.15) is 6.61 Å². The zero-order chi connectivity index (χ0) is 15.1. The van der Waals surface area contributed by atoms with Crippen LogP contribution in [-0.4, -0.2) is 16.6 Å². The first kappa shape index (κ1) is 15.1. The minimum Gasteiger partial charge on any atom is -0.384 e. The van der Waals surface area contributed by atoms with Gasteiger partial charge in [0.05, 0.1) is 9.82 Å². The van der Waals surface area contributed by atoms with Gasteiger partial charge in [0.2, 0.25) is 0 Å². The second kappa shape index (κ2) is 7.48. The van der Waals surface area contributed by atoms with E-state index in [0.29, 0.717) is 10.6 Å². The fourth-order valence-electron chi connectivity index (χ4n) is 1.77. The molecule has 0 bridgehead atoms. The minimum atomic E-state index is -0.370. The number of rotatable bonds is 4. The van der Waals surface area contributed by atoms with E-state index in [1.54, 1.807) is 18.2 Å². The molecule has 0 saturated heterocycles. The molecule has 0 heterocycles. The first-order valence-electron chi connectivity index (χ1n) is 6.25. The van der Waals surface area contributed by atoms with E-state index in [-0.39, 0.29) is 17.2 Å². The van der Waals surface area contributed by atoms with Crippen molar-refractivity contribution in [3.8, 4) is 11.8 Å². The highest BCUT2D eigenvalue weighted by Gasteiger charge is 2.12. The Balaban J connectivity index is 2.12. The molecule has 2 rings (SSSR count). The highest BCUT2D eigenvalue weighted by atomic mass is 32.2. The molecule has 4 nitrogen and oxygen atoms in total. The maximum Gasteiger partial charge on any atom is 0.282 e. The first-order valence-corrected chi connectivity index (χ1v) is 7.24. The molecule has 5 heteroatoms. The lowest BCUT2D eigenvalue weighted by Gasteiger charge is -2.03. The zero-order valence-electron chi connectivity index (χ0n) is 11.2. The van der Waals surface area contributed by atoms with Crippen molar-refractivity contribution in [1.82, 2.24) is 0 Å². The van der Waals surface area contributed by atoms with Crippen molar-refractivity contribution < 1.29 is 10.0 Å². The van der Waals surface area contributed by atoms with Crippen molar-refractivity contribution in [1.29, 1.82) is 0 Å². The summed E-state index contributed by atoms with van der Waals surface area (Å²) in [5.41, 5.74) is 1.98. The molecule has 106 valence electrons.